The van der Waals surface area contributed by atoms with Gasteiger partial charge in [-0.3, -0.25) is 19.5 Å². The number of imide groups is 1. The molecule has 1 aliphatic heterocycles. The first-order chi connectivity index (χ1) is 16.4. The molecule has 3 N–H and O–H groups in total. The molecule has 0 bridgehead atoms. The lowest BCUT2D eigenvalue weighted by Crippen LogP contribution is -2.53. The minimum absolute atomic E-state index is 0.0906. The molecule has 1 unspecified atom stereocenters. The average molecular weight is 501 g/mol. The Hall–Kier alpha value is -3.57. The second kappa shape index (κ2) is 10.6. The zero-order valence-corrected chi connectivity index (χ0v) is 19.7. The molecule has 2 heterocycles. The standard InChI is InChI=1S/C22H21ClN6O4S/c1-33-17-4-2-3-16(11-17)29-18(9-15-10-19(30)26-21(32)25-15)27-28-22(29)34-12-20(31)24-14-7-5-13(23)6-8-14/h2-8,11,15H,9-10,12H2,1H3,(H,24,31)(H2,25,26,30,32). The number of carbonyl (C=O) groups is 3. The number of nitrogens with zero attached hydrogens (tertiary/aromatic N) is 3. The van der Waals surface area contributed by atoms with Crippen molar-refractivity contribution in [2.24, 2.45) is 0 Å². The fourth-order valence-electron chi connectivity index (χ4n) is 3.41. The highest BCUT2D eigenvalue weighted by Crippen LogP contribution is 2.26. The van der Waals surface area contributed by atoms with Gasteiger partial charge in [0.05, 0.1) is 18.6 Å². The third kappa shape index (κ3) is 5.86. The molecular weight excluding hydrogens is 480 g/mol. The molecule has 12 heteroatoms. The lowest BCUT2D eigenvalue weighted by Gasteiger charge is -2.23. The third-order valence-corrected chi connectivity index (χ3v) is 6.10. The highest BCUT2D eigenvalue weighted by Gasteiger charge is 2.27. The summed E-state index contributed by atoms with van der Waals surface area (Å²) < 4.78 is 7.13. The van der Waals surface area contributed by atoms with Crippen LogP contribution in [0.3, 0.4) is 0 Å². The lowest BCUT2D eigenvalue weighted by molar-refractivity contribution is -0.121. The maximum atomic E-state index is 12.5. The SMILES string of the molecule is COc1cccc(-n2c(CC3CC(=O)NC(=O)N3)nnc2SCC(=O)Nc2ccc(Cl)cc2)c1. The molecule has 0 radical (unpaired) electrons. The maximum absolute atomic E-state index is 12.5. The summed E-state index contributed by atoms with van der Waals surface area (Å²) in [7, 11) is 1.57. The first-order valence-corrected chi connectivity index (χ1v) is 11.6. The fourth-order valence-corrected chi connectivity index (χ4v) is 4.31. The zero-order valence-electron chi connectivity index (χ0n) is 18.1. The highest BCUT2D eigenvalue weighted by atomic mass is 35.5. The van der Waals surface area contributed by atoms with Crippen LogP contribution in [0.25, 0.3) is 5.69 Å². The molecule has 176 valence electrons. The van der Waals surface area contributed by atoms with Gasteiger partial charge in [-0.25, -0.2) is 4.79 Å². The molecule has 0 saturated carbocycles. The van der Waals surface area contributed by atoms with Gasteiger partial charge >= 0.3 is 6.03 Å². The molecule has 0 spiro atoms. The van der Waals surface area contributed by atoms with Crippen molar-refractivity contribution in [3.63, 3.8) is 0 Å². The second-order valence-electron chi connectivity index (χ2n) is 7.41. The van der Waals surface area contributed by atoms with E-state index in [2.05, 4.69) is 26.1 Å². The number of anilines is 1. The number of urea groups is 1. The average Bonchev–Trinajstić information content (AvgIpc) is 3.21. The number of hydrogen-bond donors (Lipinski definition) is 3. The van der Waals surface area contributed by atoms with Crippen LogP contribution in [0.2, 0.25) is 5.02 Å². The minimum atomic E-state index is -0.540. The van der Waals surface area contributed by atoms with Crippen molar-refractivity contribution in [1.82, 2.24) is 25.4 Å². The van der Waals surface area contributed by atoms with Crippen LogP contribution in [0, 0.1) is 0 Å². The number of rotatable bonds is 8. The van der Waals surface area contributed by atoms with Crippen LogP contribution in [-0.2, 0) is 16.0 Å². The maximum Gasteiger partial charge on any atom is 0.321 e. The highest BCUT2D eigenvalue weighted by molar-refractivity contribution is 7.99. The summed E-state index contributed by atoms with van der Waals surface area (Å²) in [4.78, 5) is 36.0. The van der Waals surface area contributed by atoms with Gasteiger partial charge < -0.3 is 15.4 Å². The number of nitrogens with one attached hydrogen (secondary N) is 3. The van der Waals surface area contributed by atoms with Gasteiger partial charge in [0.25, 0.3) is 0 Å². The summed E-state index contributed by atoms with van der Waals surface area (Å²) in [6.07, 6.45) is 0.406. The van der Waals surface area contributed by atoms with Crippen LogP contribution >= 0.6 is 23.4 Å². The molecule has 3 aromatic rings. The van der Waals surface area contributed by atoms with Gasteiger partial charge in [0, 0.05) is 35.7 Å². The number of amides is 4. The van der Waals surface area contributed by atoms with Crippen molar-refractivity contribution in [3.8, 4) is 11.4 Å². The molecule has 4 rings (SSSR count). The van der Waals surface area contributed by atoms with Crippen LogP contribution < -0.4 is 20.7 Å². The molecular formula is C22H21ClN6O4S. The first kappa shape index (κ1) is 23.6. The first-order valence-electron chi connectivity index (χ1n) is 10.3. The Morgan fingerprint density at radius 2 is 2.03 bits per heavy atom. The Bertz CT molecular complexity index is 1200. The van der Waals surface area contributed by atoms with E-state index >= 15 is 0 Å². The summed E-state index contributed by atoms with van der Waals surface area (Å²) in [5.41, 5.74) is 1.36. The lowest BCUT2D eigenvalue weighted by atomic mass is 10.1. The van der Waals surface area contributed by atoms with Gasteiger partial charge in [0.15, 0.2) is 5.16 Å². The van der Waals surface area contributed by atoms with Crippen molar-refractivity contribution >= 4 is 46.9 Å². The van der Waals surface area contributed by atoms with E-state index in [4.69, 9.17) is 16.3 Å². The molecule has 1 aliphatic rings. The van der Waals surface area contributed by atoms with Crippen LogP contribution in [0.15, 0.2) is 53.7 Å². The summed E-state index contributed by atoms with van der Waals surface area (Å²) in [5, 5.41) is 17.4. The largest absolute Gasteiger partial charge is 0.497 e. The van der Waals surface area contributed by atoms with Gasteiger partial charge in [-0.15, -0.1) is 10.2 Å². The molecule has 2 aromatic carbocycles. The van der Waals surface area contributed by atoms with E-state index in [-0.39, 0.29) is 30.4 Å². The van der Waals surface area contributed by atoms with Crippen molar-refractivity contribution in [2.45, 2.75) is 24.0 Å². The second-order valence-corrected chi connectivity index (χ2v) is 8.79. The van der Waals surface area contributed by atoms with Crippen molar-refractivity contribution in [3.05, 3.63) is 59.4 Å². The van der Waals surface area contributed by atoms with Gasteiger partial charge in [0.1, 0.15) is 11.6 Å². The van der Waals surface area contributed by atoms with Crippen molar-refractivity contribution < 1.29 is 19.1 Å². The number of carbonyl (C=O) groups excluding carboxylic acids is 3. The predicted molar refractivity (Wildman–Crippen MR) is 128 cm³/mol. The molecule has 4 amide bonds. The summed E-state index contributed by atoms with van der Waals surface area (Å²) in [5.74, 6) is 0.695. The van der Waals surface area contributed by atoms with Crippen molar-refractivity contribution in [1.29, 1.82) is 0 Å². The normalized spacial score (nSPS) is 15.4. The van der Waals surface area contributed by atoms with E-state index in [1.54, 1.807) is 35.9 Å². The molecule has 0 aliphatic carbocycles. The van der Waals surface area contributed by atoms with Gasteiger partial charge in [-0.05, 0) is 36.4 Å². The molecule has 1 fully saturated rings. The summed E-state index contributed by atoms with van der Waals surface area (Å²) >= 11 is 7.10. The number of ether oxygens (including phenoxy) is 1. The Morgan fingerprint density at radius 3 is 2.76 bits per heavy atom. The van der Waals surface area contributed by atoms with Gasteiger partial charge in [-0.1, -0.05) is 29.4 Å². The van der Waals surface area contributed by atoms with E-state index in [9.17, 15) is 14.4 Å². The Morgan fingerprint density at radius 1 is 1.24 bits per heavy atom. The predicted octanol–water partition coefficient (Wildman–Crippen LogP) is 2.80. The molecule has 10 nitrogen and oxygen atoms in total. The molecule has 34 heavy (non-hydrogen) atoms. The Balaban J connectivity index is 1.55. The van der Waals surface area contributed by atoms with E-state index < -0.39 is 12.1 Å². The van der Waals surface area contributed by atoms with Gasteiger partial charge in [0.2, 0.25) is 11.8 Å². The third-order valence-electron chi connectivity index (χ3n) is 4.92. The number of halogens is 1. The molecule has 1 aromatic heterocycles. The van der Waals surface area contributed by atoms with Crippen LogP contribution in [0.4, 0.5) is 10.5 Å². The quantitative estimate of drug-likeness (QED) is 0.406. The number of benzene rings is 2. The van der Waals surface area contributed by atoms with E-state index in [1.165, 1.54) is 11.8 Å². The van der Waals surface area contributed by atoms with E-state index in [1.807, 2.05) is 24.3 Å². The molecule has 1 saturated heterocycles. The number of methoxy groups -OCH3 is 1. The number of aromatic nitrogens is 3. The Kier molecular flexibility index (Phi) is 7.33. The smallest absolute Gasteiger partial charge is 0.321 e. The summed E-state index contributed by atoms with van der Waals surface area (Å²) in [6.45, 7) is 0. The number of hydrogen-bond acceptors (Lipinski definition) is 7. The van der Waals surface area contributed by atoms with E-state index in [0.29, 0.717) is 27.4 Å². The van der Waals surface area contributed by atoms with Crippen LogP contribution in [0.1, 0.15) is 12.2 Å². The molecule has 1 atom stereocenters. The van der Waals surface area contributed by atoms with Gasteiger partial charge in [-0.2, -0.15) is 0 Å². The minimum Gasteiger partial charge on any atom is -0.497 e. The van der Waals surface area contributed by atoms with Crippen LogP contribution in [-0.4, -0.2) is 51.5 Å². The van der Waals surface area contributed by atoms with E-state index in [0.717, 1.165) is 5.69 Å². The fraction of sp³-hybridized carbons (Fsp3) is 0.227. The van der Waals surface area contributed by atoms with Crippen molar-refractivity contribution in [2.75, 3.05) is 18.2 Å². The monoisotopic (exact) mass is 500 g/mol. The summed E-state index contributed by atoms with van der Waals surface area (Å²) in [6, 6.07) is 13.2. The Labute approximate surface area is 204 Å². The van der Waals surface area contributed by atoms with Crippen LogP contribution in [0.5, 0.6) is 5.75 Å². The zero-order chi connectivity index (χ0) is 24.1. The topological polar surface area (TPSA) is 127 Å². The number of thioether (sulfide) groups is 1.